The predicted molar refractivity (Wildman–Crippen MR) is 70.4 cm³/mol. The number of hydrogen-bond acceptors (Lipinski definition) is 4. The second kappa shape index (κ2) is 6.04. The molecule has 2 rings (SSSR count). The smallest absolute Gasteiger partial charge is 0.305 e. The van der Waals surface area contributed by atoms with E-state index < -0.39 is 11.5 Å². The van der Waals surface area contributed by atoms with Gasteiger partial charge in [-0.1, -0.05) is 0 Å². The minimum atomic E-state index is -0.925. The summed E-state index contributed by atoms with van der Waals surface area (Å²) in [5.74, 6) is -1.26. The average Bonchev–Trinajstić information content (AvgIpc) is 2.87. The van der Waals surface area contributed by atoms with Crippen molar-refractivity contribution in [3.05, 3.63) is 18.0 Å². The summed E-state index contributed by atoms with van der Waals surface area (Å²) in [7, 11) is 0. The Morgan fingerprint density at radius 3 is 2.75 bits per heavy atom. The highest BCUT2D eigenvalue weighted by atomic mass is 16.5. The van der Waals surface area contributed by atoms with Gasteiger partial charge in [-0.2, -0.15) is 5.10 Å². The van der Waals surface area contributed by atoms with E-state index in [0.29, 0.717) is 38.3 Å². The van der Waals surface area contributed by atoms with Crippen molar-refractivity contribution in [2.45, 2.75) is 38.3 Å². The number of aromatic nitrogens is 2. The number of carbonyl (C=O) groups excluding carboxylic acids is 1. The van der Waals surface area contributed by atoms with Crippen molar-refractivity contribution in [2.24, 2.45) is 0 Å². The number of ether oxygens (including phenoxy) is 1. The SMILES string of the molecule is CCn1ccc(C(=O)NC2(CC(=O)O)CCOCC2)n1. The zero-order chi connectivity index (χ0) is 14.6. The summed E-state index contributed by atoms with van der Waals surface area (Å²) in [5, 5.41) is 16.0. The largest absolute Gasteiger partial charge is 0.481 e. The second-order valence-corrected chi connectivity index (χ2v) is 4.97. The number of carbonyl (C=O) groups is 2. The van der Waals surface area contributed by atoms with E-state index in [1.807, 2.05) is 6.92 Å². The highest BCUT2D eigenvalue weighted by molar-refractivity contribution is 5.93. The van der Waals surface area contributed by atoms with Gasteiger partial charge in [-0.05, 0) is 25.8 Å². The lowest BCUT2D eigenvalue weighted by atomic mass is 9.86. The van der Waals surface area contributed by atoms with Crippen LogP contribution in [0.2, 0.25) is 0 Å². The van der Waals surface area contributed by atoms with Crippen LogP contribution in [-0.4, -0.2) is 45.5 Å². The second-order valence-electron chi connectivity index (χ2n) is 4.97. The van der Waals surface area contributed by atoms with Gasteiger partial charge < -0.3 is 15.2 Å². The Morgan fingerprint density at radius 1 is 1.50 bits per heavy atom. The quantitative estimate of drug-likeness (QED) is 0.826. The Bertz CT molecular complexity index is 492. The van der Waals surface area contributed by atoms with Crippen molar-refractivity contribution in [3.8, 4) is 0 Å². The molecule has 7 heteroatoms. The lowest BCUT2D eigenvalue weighted by Crippen LogP contribution is -2.53. The molecule has 20 heavy (non-hydrogen) atoms. The van der Waals surface area contributed by atoms with E-state index in [1.165, 1.54) is 0 Å². The van der Waals surface area contributed by atoms with Crippen LogP contribution >= 0.6 is 0 Å². The van der Waals surface area contributed by atoms with E-state index in [-0.39, 0.29) is 12.3 Å². The molecule has 0 spiro atoms. The lowest BCUT2D eigenvalue weighted by molar-refractivity contribution is -0.139. The fraction of sp³-hybridized carbons (Fsp3) is 0.615. The maximum Gasteiger partial charge on any atom is 0.305 e. The third-order valence-corrected chi connectivity index (χ3v) is 3.52. The highest BCUT2D eigenvalue weighted by Crippen LogP contribution is 2.25. The third kappa shape index (κ3) is 3.36. The average molecular weight is 281 g/mol. The molecular formula is C13H19N3O4. The van der Waals surface area contributed by atoms with Crippen LogP contribution in [0.25, 0.3) is 0 Å². The first-order valence-corrected chi connectivity index (χ1v) is 6.70. The van der Waals surface area contributed by atoms with E-state index >= 15 is 0 Å². The van der Waals surface area contributed by atoms with Gasteiger partial charge in [0.25, 0.3) is 5.91 Å². The number of carboxylic acid groups (broad SMARTS) is 1. The molecule has 0 aromatic carbocycles. The van der Waals surface area contributed by atoms with Crippen LogP contribution in [0.5, 0.6) is 0 Å². The van der Waals surface area contributed by atoms with Crippen molar-refractivity contribution >= 4 is 11.9 Å². The van der Waals surface area contributed by atoms with Crippen molar-refractivity contribution < 1.29 is 19.4 Å². The van der Waals surface area contributed by atoms with Gasteiger partial charge in [0, 0.05) is 26.0 Å². The van der Waals surface area contributed by atoms with Gasteiger partial charge >= 0.3 is 5.97 Å². The number of carboxylic acids is 1. The van der Waals surface area contributed by atoms with Gasteiger partial charge in [-0.3, -0.25) is 14.3 Å². The topological polar surface area (TPSA) is 93.5 Å². The molecule has 1 aromatic heterocycles. The Labute approximate surface area is 116 Å². The maximum atomic E-state index is 12.2. The summed E-state index contributed by atoms with van der Waals surface area (Å²) in [6.45, 7) is 3.52. The van der Waals surface area contributed by atoms with Gasteiger partial charge in [-0.15, -0.1) is 0 Å². The molecule has 2 heterocycles. The molecule has 1 fully saturated rings. The van der Waals surface area contributed by atoms with Crippen LogP contribution in [0, 0.1) is 0 Å². The summed E-state index contributed by atoms with van der Waals surface area (Å²) in [6.07, 6.45) is 2.62. The maximum absolute atomic E-state index is 12.2. The van der Waals surface area contributed by atoms with Gasteiger partial charge in [-0.25, -0.2) is 0 Å². The number of rotatable bonds is 5. The first-order chi connectivity index (χ1) is 9.54. The molecule has 1 saturated heterocycles. The van der Waals surface area contributed by atoms with E-state index in [2.05, 4.69) is 10.4 Å². The summed E-state index contributed by atoms with van der Waals surface area (Å²) < 4.78 is 6.91. The molecule has 7 nitrogen and oxygen atoms in total. The van der Waals surface area contributed by atoms with Crippen LogP contribution < -0.4 is 5.32 Å². The molecule has 0 aliphatic carbocycles. The number of nitrogens with zero attached hydrogens (tertiary/aromatic N) is 2. The van der Waals surface area contributed by atoms with Crippen molar-refractivity contribution in [1.29, 1.82) is 0 Å². The molecule has 1 aliphatic heterocycles. The van der Waals surface area contributed by atoms with Crippen LogP contribution in [-0.2, 0) is 16.1 Å². The zero-order valence-electron chi connectivity index (χ0n) is 11.5. The third-order valence-electron chi connectivity index (χ3n) is 3.52. The van der Waals surface area contributed by atoms with Gasteiger partial charge in [0.05, 0.1) is 12.0 Å². The molecule has 0 saturated carbocycles. The number of nitrogens with one attached hydrogen (secondary N) is 1. The summed E-state index contributed by atoms with van der Waals surface area (Å²) in [5.41, 5.74) is -0.430. The monoisotopic (exact) mass is 281 g/mol. The Morgan fingerprint density at radius 2 is 2.20 bits per heavy atom. The molecule has 0 radical (unpaired) electrons. The van der Waals surface area contributed by atoms with Gasteiger partial charge in [0.15, 0.2) is 0 Å². The van der Waals surface area contributed by atoms with E-state index in [4.69, 9.17) is 9.84 Å². The van der Waals surface area contributed by atoms with Crippen LogP contribution in [0.15, 0.2) is 12.3 Å². The molecule has 0 unspecified atom stereocenters. The standard InChI is InChI=1S/C13H19N3O4/c1-2-16-6-3-10(15-16)12(19)14-13(9-11(17)18)4-7-20-8-5-13/h3,6H,2,4-5,7-9H2,1H3,(H,14,19)(H,17,18). The zero-order valence-corrected chi connectivity index (χ0v) is 11.5. The number of hydrogen-bond donors (Lipinski definition) is 2. The van der Waals surface area contributed by atoms with Crippen molar-refractivity contribution in [3.63, 3.8) is 0 Å². The molecule has 1 amide bonds. The van der Waals surface area contributed by atoms with E-state index in [0.717, 1.165) is 0 Å². The number of aliphatic carboxylic acids is 1. The molecule has 110 valence electrons. The van der Waals surface area contributed by atoms with Crippen molar-refractivity contribution in [2.75, 3.05) is 13.2 Å². The molecule has 2 N–H and O–H groups in total. The van der Waals surface area contributed by atoms with Gasteiger partial charge in [0.1, 0.15) is 5.69 Å². The summed E-state index contributed by atoms with van der Waals surface area (Å²) in [4.78, 5) is 23.2. The first-order valence-electron chi connectivity index (χ1n) is 6.70. The number of amides is 1. The van der Waals surface area contributed by atoms with Crippen molar-refractivity contribution in [1.82, 2.24) is 15.1 Å². The van der Waals surface area contributed by atoms with Gasteiger partial charge in [0.2, 0.25) is 0 Å². The molecule has 1 aromatic rings. The molecular weight excluding hydrogens is 262 g/mol. The lowest BCUT2D eigenvalue weighted by Gasteiger charge is -2.36. The molecule has 0 bridgehead atoms. The summed E-state index contributed by atoms with van der Waals surface area (Å²) in [6, 6.07) is 1.63. The van der Waals surface area contributed by atoms with E-state index in [9.17, 15) is 9.59 Å². The van der Waals surface area contributed by atoms with E-state index in [1.54, 1.807) is 16.9 Å². The molecule has 0 atom stereocenters. The van der Waals surface area contributed by atoms with Crippen LogP contribution in [0.3, 0.4) is 0 Å². The Kier molecular flexibility index (Phi) is 4.39. The highest BCUT2D eigenvalue weighted by Gasteiger charge is 2.37. The fourth-order valence-electron chi connectivity index (χ4n) is 2.36. The predicted octanol–water partition coefficient (Wildman–Crippen LogP) is 0.657. The fourth-order valence-corrected chi connectivity index (χ4v) is 2.36. The minimum absolute atomic E-state index is 0.101. The minimum Gasteiger partial charge on any atom is -0.481 e. The molecule has 1 aliphatic rings. The Balaban J connectivity index is 2.10. The normalized spacial score (nSPS) is 17.6. The first kappa shape index (κ1) is 14.5. The van der Waals surface area contributed by atoms with Crippen LogP contribution in [0.4, 0.5) is 0 Å². The summed E-state index contributed by atoms with van der Waals surface area (Å²) >= 11 is 0. The number of aryl methyl sites for hydroxylation is 1. The Hall–Kier alpha value is -1.89. The van der Waals surface area contributed by atoms with Crippen LogP contribution in [0.1, 0.15) is 36.7 Å².